The van der Waals surface area contributed by atoms with E-state index < -0.39 is 0 Å². The predicted octanol–water partition coefficient (Wildman–Crippen LogP) is 1.77. The van der Waals surface area contributed by atoms with E-state index in [1.807, 2.05) is 11.7 Å². The van der Waals surface area contributed by atoms with E-state index >= 15 is 0 Å². The Kier molecular flexibility index (Phi) is 2.28. The van der Waals surface area contributed by atoms with Gasteiger partial charge in [0.2, 0.25) is 0 Å². The first-order valence-electron chi connectivity index (χ1n) is 4.65. The molecule has 1 aliphatic carbocycles. The molecule has 0 aromatic carbocycles. The summed E-state index contributed by atoms with van der Waals surface area (Å²) in [6.07, 6.45) is 6.38. The monoisotopic (exact) mass is 199 g/mol. The van der Waals surface area contributed by atoms with Gasteiger partial charge >= 0.3 is 0 Å². The van der Waals surface area contributed by atoms with Gasteiger partial charge in [-0.15, -0.1) is 11.6 Å². The maximum absolute atomic E-state index is 5.97. The fourth-order valence-electron chi connectivity index (χ4n) is 1.85. The van der Waals surface area contributed by atoms with Crippen molar-refractivity contribution in [2.45, 2.75) is 25.7 Å². The molecule has 0 spiro atoms. The molecule has 0 saturated heterocycles. The average Bonchev–Trinajstić information content (AvgIpc) is 2.44. The lowest BCUT2D eigenvalue weighted by Crippen LogP contribution is -2.34. The van der Waals surface area contributed by atoms with Crippen LogP contribution in [0.5, 0.6) is 0 Å². The maximum atomic E-state index is 5.97. The molecule has 72 valence electrons. The van der Waals surface area contributed by atoms with Crippen LogP contribution in [0, 0.1) is 5.41 Å². The van der Waals surface area contributed by atoms with E-state index in [0.29, 0.717) is 5.41 Å². The molecule has 0 amide bonds. The first-order valence-corrected chi connectivity index (χ1v) is 5.18. The van der Waals surface area contributed by atoms with Crippen molar-refractivity contribution >= 4 is 11.6 Å². The van der Waals surface area contributed by atoms with Gasteiger partial charge in [-0.25, -0.2) is 4.98 Å². The molecule has 3 nitrogen and oxygen atoms in total. The lowest BCUT2D eigenvalue weighted by molar-refractivity contribution is 0.161. The molecular formula is C9H14ClN3. The molecule has 0 atom stereocenters. The van der Waals surface area contributed by atoms with Crippen LogP contribution in [-0.4, -0.2) is 20.6 Å². The summed E-state index contributed by atoms with van der Waals surface area (Å²) in [7, 11) is 1.93. The van der Waals surface area contributed by atoms with Crippen molar-refractivity contribution in [3.63, 3.8) is 0 Å². The summed E-state index contributed by atoms with van der Waals surface area (Å²) in [6, 6.07) is 0. The molecular weight excluding hydrogens is 186 g/mol. The van der Waals surface area contributed by atoms with Crippen LogP contribution in [0.1, 0.15) is 25.1 Å². The second-order valence-corrected chi connectivity index (χ2v) is 4.23. The topological polar surface area (TPSA) is 30.7 Å². The number of aryl methyl sites for hydroxylation is 1. The van der Waals surface area contributed by atoms with Crippen LogP contribution in [0.4, 0.5) is 0 Å². The average molecular weight is 200 g/mol. The van der Waals surface area contributed by atoms with Crippen LogP contribution >= 0.6 is 11.6 Å². The van der Waals surface area contributed by atoms with Gasteiger partial charge < -0.3 is 0 Å². The van der Waals surface area contributed by atoms with Gasteiger partial charge in [0.15, 0.2) is 0 Å². The van der Waals surface area contributed by atoms with Crippen molar-refractivity contribution in [3.05, 3.63) is 12.2 Å². The summed E-state index contributed by atoms with van der Waals surface area (Å²) in [6.45, 7) is 0. The van der Waals surface area contributed by atoms with Gasteiger partial charge in [0.05, 0.1) is 0 Å². The van der Waals surface area contributed by atoms with Crippen molar-refractivity contribution in [3.8, 4) is 0 Å². The molecule has 0 aliphatic heterocycles. The van der Waals surface area contributed by atoms with Gasteiger partial charge in [0.25, 0.3) is 0 Å². The molecule has 1 heterocycles. The van der Waals surface area contributed by atoms with E-state index in [-0.39, 0.29) is 0 Å². The molecule has 1 aromatic heterocycles. The molecule has 0 N–H and O–H groups in total. The number of aromatic nitrogens is 3. The number of halogens is 1. The van der Waals surface area contributed by atoms with Crippen molar-refractivity contribution in [2.24, 2.45) is 12.5 Å². The Balaban J connectivity index is 2.08. The number of nitrogens with zero attached hydrogens (tertiary/aromatic N) is 3. The summed E-state index contributed by atoms with van der Waals surface area (Å²) in [5.41, 5.74) is 0.322. The highest BCUT2D eigenvalue weighted by atomic mass is 35.5. The lowest BCUT2D eigenvalue weighted by atomic mass is 9.68. The van der Waals surface area contributed by atoms with E-state index in [0.717, 1.165) is 18.1 Å². The third kappa shape index (κ3) is 1.57. The van der Waals surface area contributed by atoms with Gasteiger partial charge in [0, 0.05) is 19.3 Å². The van der Waals surface area contributed by atoms with Crippen molar-refractivity contribution in [1.29, 1.82) is 0 Å². The minimum Gasteiger partial charge on any atom is -0.253 e. The minimum atomic E-state index is 0.322. The largest absolute Gasteiger partial charge is 0.253 e. The summed E-state index contributed by atoms with van der Waals surface area (Å²) in [4.78, 5) is 4.22. The molecule has 1 aromatic rings. The number of hydrogen-bond acceptors (Lipinski definition) is 2. The molecule has 0 bridgehead atoms. The van der Waals surface area contributed by atoms with Crippen LogP contribution in [0.15, 0.2) is 6.33 Å². The Morgan fingerprint density at radius 2 is 2.38 bits per heavy atom. The van der Waals surface area contributed by atoms with Gasteiger partial charge in [0.1, 0.15) is 12.2 Å². The Hall–Kier alpha value is -0.570. The zero-order chi connectivity index (χ0) is 9.31. The van der Waals surface area contributed by atoms with E-state index in [1.54, 1.807) is 6.33 Å². The zero-order valence-corrected chi connectivity index (χ0v) is 8.59. The van der Waals surface area contributed by atoms with Crippen LogP contribution in [0.2, 0.25) is 0 Å². The molecule has 4 heteroatoms. The number of rotatable bonds is 3. The van der Waals surface area contributed by atoms with E-state index in [4.69, 9.17) is 11.6 Å². The second-order valence-electron chi connectivity index (χ2n) is 3.96. The fourth-order valence-corrected chi connectivity index (χ4v) is 2.21. The summed E-state index contributed by atoms with van der Waals surface area (Å²) < 4.78 is 1.84. The summed E-state index contributed by atoms with van der Waals surface area (Å²) in [5.74, 6) is 1.81. The minimum absolute atomic E-state index is 0.322. The highest BCUT2D eigenvalue weighted by Crippen LogP contribution is 2.44. The first-order chi connectivity index (χ1) is 6.26. The quantitative estimate of drug-likeness (QED) is 0.695. The van der Waals surface area contributed by atoms with Crippen molar-refractivity contribution in [1.82, 2.24) is 14.8 Å². The normalized spacial score (nSPS) is 19.8. The standard InChI is InChI=1S/C9H14ClN3/c1-13-8(11-7-12-13)5-9(6-10)3-2-4-9/h7H,2-6H2,1H3. The summed E-state index contributed by atoms with van der Waals surface area (Å²) >= 11 is 5.97. The zero-order valence-electron chi connectivity index (χ0n) is 7.83. The van der Waals surface area contributed by atoms with Gasteiger partial charge in [-0.2, -0.15) is 5.10 Å². The fraction of sp³-hybridized carbons (Fsp3) is 0.778. The van der Waals surface area contributed by atoms with Gasteiger partial charge in [-0.05, 0) is 18.3 Å². The maximum Gasteiger partial charge on any atom is 0.138 e. The molecule has 13 heavy (non-hydrogen) atoms. The Labute approximate surface area is 83.1 Å². The Morgan fingerprint density at radius 3 is 2.77 bits per heavy atom. The molecule has 2 rings (SSSR count). The first kappa shape index (κ1) is 9.00. The van der Waals surface area contributed by atoms with Crippen LogP contribution < -0.4 is 0 Å². The van der Waals surface area contributed by atoms with Gasteiger partial charge in [-0.3, -0.25) is 4.68 Å². The smallest absolute Gasteiger partial charge is 0.138 e. The lowest BCUT2D eigenvalue weighted by Gasteiger charge is -2.39. The summed E-state index contributed by atoms with van der Waals surface area (Å²) in [5, 5.41) is 4.06. The highest BCUT2D eigenvalue weighted by molar-refractivity contribution is 6.18. The highest BCUT2D eigenvalue weighted by Gasteiger charge is 2.37. The molecule has 1 fully saturated rings. The third-order valence-corrected chi connectivity index (χ3v) is 3.60. The van der Waals surface area contributed by atoms with Crippen LogP contribution in [-0.2, 0) is 13.5 Å². The van der Waals surface area contributed by atoms with Gasteiger partial charge in [-0.1, -0.05) is 6.42 Å². The second kappa shape index (κ2) is 3.29. The number of hydrogen-bond donors (Lipinski definition) is 0. The van der Waals surface area contributed by atoms with Crippen LogP contribution in [0.25, 0.3) is 0 Å². The molecule has 0 radical (unpaired) electrons. The number of alkyl halides is 1. The molecule has 1 saturated carbocycles. The molecule has 1 aliphatic rings. The molecule has 0 unspecified atom stereocenters. The predicted molar refractivity (Wildman–Crippen MR) is 51.7 cm³/mol. The third-order valence-electron chi connectivity index (χ3n) is 3.04. The Morgan fingerprint density at radius 1 is 1.62 bits per heavy atom. The van der Waals surface area contributed by atoms with Crippen molar-refractivity contribution < 1.29 is 0 Å². The van der Waals surface area contributed by atoms with E-state index in [9.17, 15) is 0 Å². The Bertz CT molecular complexity index is 285. The van der Waals surface area contributed by atoms with E-state index in [2.05, 4.69) is 10.1 Å². The SMILES string of the molecule is Cn1ncnc1CC1(CCl)CCC1. The van der Waals surface area contributed by atoms with E-state index in [1.165, 1.54) is 19.3 Å². The van der Waals surface area contributed by atoms with Crippen molar-refractivity contribution in [2.75, 3.05) is 5.88 Å². The van der Waals surface area contributed by atoms with Crippen LogP contribution in [0.3, 0.4) is 0 Å².